The third kappa shape index (κ3) is 4.31. The van der Waals surface area contributed by atoms with E-state index in [0.29, 0.717) is 25.0 Å². The first-order chi connectivity index (χ1) is 7.74. The van der Waals surface area contributed by atoms with Crippen LogP contribution in [0.2, 0.25) is 0 Å². The van der Waals surface area contributed by atoms with E-state index in [1.165, 1.54) is 11.1 Å². The lowest BCUT2D eigenvalue weighted by atomic mass is 10.0. The molecular weight excluding hydrogens is 196 g/mol. The van der Waals surface area contributed by atoms with Crippen LogP contribution in [0.15, 0.2) is 24.3 Å². The zero-order valence-electron chi connectivity index (χ0n) is 9.83. The van der Waals surface area contributed by atoms with E-state index in [9.17, 15) is 4.79 Å². The molecule has 1 nitrogen and oxygen atoms in total. The lowest BCUT2D eigenvalue weighted by molar-refractivity contribution is -0.119. The van der Waals surface area contributed by atoms with Gasteiger partial charge in [0.2, 0.25) is 0 Å². The van der Waals surface area contributed by atoms with Crippen molar-refractivity contribution in [2.24, 2.45) is 0 Å². The fourth-order valence-corrected chi connectivity index (χ4v) is 1.68. The molecule has 0 saturated carbocycles. The van der Waals surface area contributed by atoms with E-state index in [4.69, 9.17) is 6.42 Å². The first kappa shape index (κ1) is 12.5. The third-order valence-corrected chi connectivity index (χ3v) is 2.71. The number of Topliss-reactive ketones (excluding diaryl/α,β-unsaturated/α-hetero) is 1. The van der Waals surface area contributed by atoms with Crippen LogP contribution in [0.4, 0.5) is 0 Å². The van der Waals surface area contributed by atoms with E-state index in [0.717, 1.165) is 12.8 Å². The van der Waals surface area contributed by atoms with Gasteiger partial charge in [0, 0.05) is 19.3 Å². The van der Waals surface area contributed by atoms with Crippen molar-refractivity contribution in [3.63, 3.8) is 0 Å². The molecule has 16 heavy (non-hydrogen) atoms. The molecule has 0 aliphatic heterocycles. The predicted octanol–water partition coefficient (Wildman–Crippen LogP) is 3.30. The number of carbonyl (C=O) groups excluding carboxylic acids is 1. The molecule has 0 N–H and O–H groups in total. The average molecular weight is 214 g/mol. The topological polar surface area (TPSA) is 17.1 Å². The highest BCUT2D eigenvalue weighted by Gasteiger charge is 2.03. The van der Waals surface area contributed by atoms with Gasteiger partial charge in [-0.2, -0.15) is 0 Å². The second-order valence-corrected chi connectivity index (χ2v) is 4.02. The summed E-state index contributed by atoms with van der Waals surface area (Å²) in [6.45, 7) is 2.08. The van der Waals surface area contributed by atoms with E-state index in [1.54, 1.807) is 0 Å². The molecule has 0 bridgehead atoms. The largest absolute Gasteiger partial charge is 0.300 e. The molecule has 0 amide bonds. The van der Waals surface area contributed by atoms with Crippen LogP contribution in [0.3, 0.4) is 0 Å². The zero-order chi connectivity index (χ0) is 11.8. The van der Waals surface area contributed by atoms with Gasteiger partial charge in [0.15, 0.2) is 0 Å². The molecule has 0 saturated heterocycles. The van der Waals surface area contributed by atoms with Gasteiger partial charge in [-0.3, -0.25) is 4.79 Å². The number of terminal acetylenes is 1. The molecule has 1 heteroatoms. The van der Waals surface area contributed by atoms with Gasteiger partial charge in [-0.1, -0.05) is 24.3 Å². The number of benzene rings is 1. The van der Waals surface area contributed by atoms with Crippen LogP contribution < -0.4 is 0 Å². The maximum Gasteiger partial charge on any atom is 0.133 e. The molecule has 1 aromatic carbocycles. The Labute approximate surface area is 97.9 Å². The lowest BCUT2D eigenvalue weighted by Gasteiger charge is -2.04. The summed E-state index contributed by atoms with van der Waals surface area (Å²) in [5.41, 5.74) is 2.53. The van der Waals surface area contributed by atoms with E-state index in [-0.39, 0.29) is 0 Å². The molecule has 1 rings (SSSR count). The van der Waals surface area contributed by atoms with Crippen LogP contribution in [0.5, 0.6) is 0 Å². The van der Waals surface area contributed by atoms with Gasteiger partial charge in [0.25, 0.3) is 0 Å². The normalized spacial score (nSPS) is 9.75. The number of hydrogen-bond donors (Lipinski definition) is 0. The van der Waals surface area contributed by atoms with Crippen molar-refractivity contribution in [1.82, 2.24) is 0 Å². The van der Waals surface area contributed by atoms with Crippen molar-refractivity contribution in [2.45, 2.75) is 39.0 Å². The zero-order valence-corrected chi connectivity index (χ0v) is 9.83. The highest BCUT2D eigenvalue weighted by molar-refractivity contribution is 5.78. The van der Waals surface area contributed by atoms with Crippen LogP contribution in [-0.2, 0) is 11.2 Å². The van der Waals surface area contributed by atoms with Crippen LogP contribution in [0, 0.1) is 19.3 Å². The number of rotatable bonds is 6. The summed E-state index contributed by atoms with van der Waals surface area (Å²) in [5.74, 6) is 2.87. The minimum Gasteiger partial charge on any atom is -0.300 e. The Hall–Kier alpha value is -1.55. The summed E-state index contributed by atoms with van der Waals surface area (Å²) >= 11 is 0. The molecule has 0 fully saturated rings. The molecule has 0 atom stereocenters. The standard InChI is InChI=1S/C15H18O/c1-3-4-5-10-15(16)12-11-14-9-7-6-8-13(14)2/h1,6-9H,4-5,10-12H2,2H3. The summed E-state index contributed by atoms with van der Waals surface area (Å²) < 4.78 is 0. The first-order valence-corrected chi connectivity index (χ1v) is 5.73. The van der Waals surface area contributed by atoms with Gasteiger partial charge in [-0.25, -0.2) is 0 Å². The average Bonchev–Trinajstić information content (AvgIpc) is 2.28. The number of carbonyl (C=O) groups is 1. The van der Waals surface area contributed by atoms with Crippen molar-refractivity contribution in [2.75, 3.05) is 0 Å². The van der Waals surface area contributed by atoms with Gasteiger partial charge in [0.05, 0.1) is 0 Å². The summed E-state index contributed by atoms with van der Waals surface area (Å²) in [6, 6.07) is 8.21. The molecule has 0 heterocycles. The van der Waals surface area contributed by atoms with Crippen LogP contribution in [0.1, 0.15) is 36.8 Å². The van der Waals surface area contributed by atoms with E-state index >= 15 is 0 Å². The molecule has 0 radical (unpaired) electrons. The quantitative estimate of drug-likeness (QED) is 0.524. The van der Waals surface area contributed by atoms with E-state index < -0.39 is 0 Å². The van der Waals surface area contributed by atoms with Crippen LogP contribution in [-0.4, -0.2) is 5.78 Å². The summed E-state index contributed by atoms with van der Waals surface area (Å²) in [5, 5.41) is 0. The molecule has 1 aromatic rings. The molecule has 84 valence electrons. The van der Waals surface area contributed by atoms with E-state index in [2.05, 4.69) is 25.0 Å². The third-order valence-electron chi connectivity index (χ3n) is 2.71. The fourth-order valence-electron chi connectivity index (χ4n) is 1.68. The monoisotopic (exact) mass is 214 g/mol. The van der Waals surface area contributed by atoms with Gasteiger partial charge in [-0.05, 0) is 30.9 Å². The number of hydrogen-bond acceptors (Lipinski definition) is 1. The lowest BCUT2D eigenvalue weighted by Crippen LogP contribution is -2.00. The smallest absolute Gasteiger partial charge is 0.133 e. The fraction of sp³-hybridized carbons (Fsp3) is 0.400. The van der Waals surface area contributed by atoms with Crippen LogP contribution >= 0.6 is 0 Å². The minimum atomic E-state index is 0.318. The summed E-state index contributed by atoms with van der Waals surface area (Å²) in [4.78, 5) is 11.5. The molecular formula is C15H18O. The molecule has 0 aliphatic rings. The molecule has 0 aromatic heterocycles. The number of unbranched alkanes of at least 4 members (excludes halogenated alkanes) is 1. The Morgan fingerprint density at radius 1 is 1.31 bits per heavy atom. The van der Waals surface area contributed by atoms with E-state index in [1.807, 2.05) is 12.1 Å². The van der Waals surface area contributed by atoms with Crippen molar-refractivity contribution in [3.8, 4) is 12.3 Å². The maximum absolute atomic E-state index is 11.5. The number of ketones is 1. The van der Waals surface area contributed by atoms with Gasteiger partial charge in [-0.15, -0.1) is 12.3 Å². The second-order valence-electron chi connectivity index (χ2n) is 4.02. The second kappa shape index (κ2) is 6.85. The Kier molecular flexibility index (Phi) is 5.36. The highest BCUT2D eigenvalue weighted by atomic mass is 16.1. The molecule has 0 aliphatic carbocycles. The van der Waals surface area contributed by atoms with Gasteiger partial charge in [0.1, 0.15) is 5.78 Å². The Balaban J connectivity index is 2.32. The predicted molar refractivity (Wildman–Crippen MR) is 67.2 cm³/mol. The SMILES string of the molecule is C#CCCCC(=O)CCc1ccccc1C. The maximum atomic E-state index is 11.5. The van der Waals surface area contributed by atoms with Gasteiger partial charge < -0.3 is 0 Å². The highest BCUT2D eigenvalue weighted by Crippen LogP contribution is 2.10. The van der Waals surface area contributed by atoms with Crippen LogP contribution in [0.25, 0.3) is 0 Å². The van der Waals surface area contributed by atoms with Crippen molar-refractivity contribution < 1.29 is 4.79 Å². The van der Waals surface area contributed by atoms with Crippen molar-refractivity contribution in [3.05, 3.63) is 35.4 Å². The molecule has 0 spiro atoms. The van der Waals surface area contributed by atoms with Crippen molar-refractivity contribution in [1.29, 1.82) is 0 Å². The Bertz CT molecular complexity index is 385. The van der Waals surface area contributed by atoms with Gasteiger partial charge >= 0.3 is 0 Å². The Morgan fingerprint density at radius 2 is 2.06 bits per heavy atom. The number of aryl methyl sites for hydroxylation is 2. The summed E-state index contributed by atoms with van der Waals surface area (Å²) in [6.07, 6.45) is 8.77. The minimum absolute atomic E-state index is 0.318. The Morgan fingerprint density at radius 3 is 2.75 bits per heavy atom. The van der Waals surface area contributed by atoms with Crippen molar-refractivity contribution >= 4 is 5.78 Å². The molecule has 0 unspecified atom stereocenters. The summed E-state index contributed by atoms with van der Waals surface area (Å²) in [7, 11) is 0. The first-order valence-electron chi connectivity index (χ1n) is 5.73.